The molecule has 0 unspecified atom stereocenters. The lowest BCUT2D eigenvalue weighted by Crippen LogP contribution is -2.26. The summed E-state index contributed by atoms with van der Waals surface area (Å²) in [4.78, 5) is 35.8. The topological polar surface area (TPSA) is 85.6 Å². The molecule has 0 saturated heterocycles. The highest BCUT2D eigenvalue weighted by atomic mass is 35.5. The number of esters is 1. The van der Waals surface area contributed by atoms with Gasteiger partial charge in [-0.15, -0.1) is 0 Å². The molecule has 0 radical (unpaired) electrons. The van der Waals surface area contributed by atoms with Gasteiger partial charge in [-0.1, -0.05) is 11.6 Å². The van der Waals surface area contributed by atoms with Crippen molar-refractivity contribution < 1.29 is 18.7 Å². The summed E-state index contributed by atoms with van der Waals surface area (Å²) < 4.78 is 10.5. The van der Waals surface area contributed by atoms with Gasteiger partial charge in [-0.2, -0.15) is 0 Å². The zero-order valence-corrected chi connectivity index (χ0v) is 16.8. The van der Waals surface area contributed by atoms with Crippen molar-refractivity contribution in [2.45, 2.75) is 26.9 Å². The van der Waals surface area contributed by atoms with Gasteiger partial charge in [0.25, 0.3) is 5.91 Å². The maximum absolute atomic E-state index is 12.0. The van der Waals surface area contributed by atoms with Gasteiger partial charge in [-0.25, -0.2) is 4.79 Å². The van der Waals surface area contributed by atoms with Gasteiger partial charge in [-0.05, 0) is 61.4 Å². The smallest absolute Gasteiger partial charge is 0.336 e. The van der Waals surface area contributed by atoms with Crippen molar-refractivity contribution in [1.82, 2.24) is 5.32 Å². The summed E-state index contributed by atoms with van der Waals surface area (Å²) in [6.07, 6.45) is 0.0108. The van der Waals surface area contributed by atoms with E-state index < -0.39 is 11.6 Å². The van der Waals surface area contributed by atoms with E-state index in [1.807, 2.05) is 19.9 Å². The summed E-state index contributed by atoms with van der Waals surface area (Å²) in [6, 6.07) is 11.5. The summed E-state index contributed by atoms with van der Waals surface area (Å²) >= 11 is 5.79. The molecule has 3 aromatic rings. The summed E-state index contributed by atoms with van der Waals surface area (Å²) in [5, 5.41) is 3.92. The molecule has 0 spiro atoms. The number of carbonyl (C=O) groups excluding carboxylic acids is 2. The second-order valence-corrected chi connectivity index (χ2v) is 7.13. The highest BCUT2D eigenvalue weighted by Crippen LogP contribution is 2.22. The predicted octanol–water partition coefficient (Wildman–Crippen LogP) is 3.93. The number of hydrogen-bond donors (Lipinski definition) is 1. The standard InChI is InChI=1S/C22H20ClNO5/c1-13-9-18-16(11-21(26)29-19(18)10-14(13)2)12-28-20(25)7-8-24-22(27)15-3-5-17(23)6-4-15/h3-6,9-11H,7-8,12H2,1-2H3,(H,24,27). The quantitative estimate of drug-likeness (QED) is 0.489. The van der Waals surface area contributed by atoms with Gasteiger partial charge in [0.15, 0.2) is 0 Å². The van der Waals surface area contributed by atoms with E-state index in [0.717, 1.165) is 16.5 Å². The van der Waals surface area contributed by atoms with Crippen LogP contribution in [-0.4, -0.2) is 18.4 Å². The second kappa shape index (κ2) is 8.92. The highest BCUT2D eigenvalue weighted by molar-refractivity contribution is 6.30. The number of nitrogens with one attached hydrogen (secondary N) is 1. The minimum absolute atomic E-state index is 0.0108. The van der Waals surface area contributed by atoms with Crippen LogP contribution in [0.3, 0.4) is 0 Å². The van der Waals surface area contributed by atoms with E-state index in [1.54, 1.807) is 30.3 Å². The summed E-state index contributed by atoms with van der Waals surface area (Å²) in [5.41, 5.74) is 3.05. The number of ether oxygens (including phenoxy) is 1. The molecule has 7 heteroatoms. The maximum Gasteiger partial charge on any atom is 0.336 e. The van der Waals surface area contributed by atoms with Crippen LogP contribution in [0.1, 0.15) is 33.5 Å². The average molecular weight is 414 g/mol. The number of aryl methyl sites for hydroxylation is 2. The maximum atomic E-state index is 12.0. The molecule has 0 saturated carbocycles. The van der Waals surface area contributed by atoms with Crippen LogP contribution < -0.4 is 10.9 Å². The van der Waals surface area contributed by atoms with E-state index >= 15 is 0 Å². The molecule has 1 aromatic heterocycles. The minimum Gasteiger partial charge on any atom is -0.461 e. The van der Waals surface area contributed by atoms with Crippen molar-refractivity contribution in [2.24, 2.45) is 0 Å². The number of carbonyl (C=O) groups is 2. The molecular formula is C22H20ClNO5. The zero-order valence-electron chi connectivity index (χ0n) is 16.1. The third-order valence-corrected chi connectivity index (χ3v) is 4.81. The van der Waals surface area contributed by atoms with Gasteiger partial charge in [0.1, 0.15) is 12.2 Å². The number of benzene rings is 2. The first-order valence-corrected chi connectivity index (χ1v) is 9.44. The van der Waals surface area contributed by atoms with E-state index in [0.29, 0.717) is 21.7 Å². The molecule has 0 aliphatic carbocycles. The van der Waals surface area contributed by atoms with Crippen LogP contribution in [0.15, 0.2) is 51.7 Å². The Labute approximate surface area is 172 Å². The molecule has 1 heterocycles. The largest absolute Gasteiger partial charge is 0.461 e. The van der Waals surface area contributed by atoms with Crippen molar-refractivity contribution in [2.75, 3.05) is 6.54 Å². The molecule has 0 fully saturated rings. The van der Waals surface area contributed by atoms with E-state index in [1.165, 1.54) is 6.07 Å². The Hall–Kier alpha value is -3.12. The van der Waals surface area contributed by atoms with E-state index in [9.17, 15) is 14.4 Å². The normalized spacial score (nSPS) is 10.7. The van der Waals surface area contributed by atoms with Gasteiger partial charge >= 0.3 is 11.6 Å². The Morgan fingerprint density at radius 1 is 1.07 bits per heavy atom. The monoisotopic (exact) mass is 413 g/mol. The SMILES string of the molecule is Cc1cc2oc(=O)cc(COC(=O)CCNC(=O)c3ccc(Cl)cc3)c2cc1C. The fraction of sp³-hybridized carbons (Fsp3) is 0.227. The van der Waals surface area contributed by atoms with Crippen molar-refractivity contribution in [3.8, 4) is 0 Å². The minimum atomic E-state index is -0.498. The number of hydrogen-bond acceptors (Lipinski definition) is 5. The molecule has 0 aliphatic heterocycles. The summed E-state index contributed by atoms with van der Waals surface area (Å²) in [7, 11) is 0. The number of amides is 1. The molecule has 0 aliphatic rings. The molecule has 1 amide bonds. The van der Waals surface area contributed by atoms with Crippen LogP contribution in [0.5, 0.6) is 0 Å². The molecule has 6 nitrogen and oxygen atoms in total. The van der Waals surface area contributed by atoms with Crippen molar-refractivity contribution >= 4 is 34.4 Å². The first-order chi connectivity index (χ1) is 13.8. The van der Waals surface area contributed by atoms with Crippen LogP contribution in [0.4, 0.5) is 0 Å². The Morgan fingerprint density at radius 3 is 2.48 bits per heavy atom. The van der Waals surface area contributed by atoms with Gasteiger partial charge < -0.3 is 14.5 Å². The molecular weight excluding hydrogens is 394 g/mol. The first-order valence-electron chi connectivity index (χ1n) is 9.07. The van der Waals surface area contributed by atoms with Crippen LogP contribution in [-0.2, 0) is 16.1 Å². The van der Waals surface area contributed by atoms with Crippen LogP contribution in [0.25, 0.3) is 11.0 Å². The molecule has 2 aromatic carbocycles. The fourth-order valence-electron chi connectivity index (χ4n) is 2.81. The van der Waals surface area contributed by atoms with Gasteiger partial charge in [-0.3, -0.25) is 9.59 Å². The highest BCUT2D eigenvalue weighted by Gasteiger charge is 2.11. The van der Waals surface area contributed by atoms with E-state index in [2.05, 4.69) is 5.32 Å². The Balaban J connectivity index is 1.57. The predicted molar refractivity (Wildman–Crippen MR) is 110 cm³/mol. The molecule has 3 rings (SSSR count). The third-order valence-electron chi connectivity index (χ3n) is 4.55. The Bertz CT molecular complexity index is 1120. The van der Waals surface area contributed by atoms with E-state index in [4.69, 9.17) is 20.8 Å². The molecule has 150 valence electrons. The van der Waals surface area contributed by atoms with Crippen molar-refractivity contribution in [3.63, 3.8) is 0 Å². The van der Waals surface area contributed by atoms with Gasteiger partial charge in [0.2, 0.25) is 0 Å². The molecule has 29 heavy (non-hydrogen) atoms. The zero-order chi connectivity index (χ0) is 21.0. The Kier molecular flexibility index (Phi) is 6.34. The molecule has 0 bridgehead atoms. The van der Waals surface area contributed by atoms with Crippen molar-refractivity contribution in [1.29, 1.82) is 0 Å². The Morgan fingerprint density at radius 2 is 1.76 bits per heavy atom. The summed E-state index contributed by atoms with van der Waals surface area (Å²) in [5.74, 6) is -0.779. The summed E-state index contributed by atoms with van der Waals surface area (Å²) in [6.45, 7) is 3.98. The van der Waals surface area contributed by atoms with Gasteiger partial charge in [0.05, 0.1) is 6.42 Å². The number of fused-ring (bicyclic) bond motifs is 1. The number of rotatable bonds is 6. The lowest BCUT2D eigenvalue weighted by atomic mass is 10.0. The van der Waals surface area contributed by atoms with Crippen LogP contribution in [0, 0.1) is 13.8 Å². The second-order valence-electron chi connectivity index (χ2n) is 6.70. The lowest BCUT2D eigenvalue weighted by Gasteiger charge is -2.09. The lowest BCUT2D eigenvalue weighted by molar-refractivity contribution is -0.144. The fourth-order valence-corrected chi connectivity index (χ4v) is 2.94. The van der Waals surface area contributed by atoms with Crippen LogP contribution in [0.2, 0.25) is 5.02 Å². The molecule has 0 atom stereocenters. The number of halogens is 1. The van der Waals surface area contributed by atoms with Gasteiger partial charge in [0, 0.05) is 34.1 Å². The third kappa shape index (κ3) is 5.23. The molecule has 1 N–H and O–H groups in total. The van der Waals surface area contributed by atoms with Crippen molar-refractivity contribution in [3.05, 3.63) is 80.2 Å². The average Bonchev–Trinajstić information content (AvgIpc) is 2.68. The van der Waals surface area contributed by atoms with Crippen LogP contribution >= 0.6 is 11.6 Å². The van der Waals surface area contributed by atoms with E-state index in [-0.39, 0.29) is 25.5 Å². The first kappa shape index (κ1) is 20.6.